The van der Waals surface area contributed by atoms with Crippen LogP contribution < -0.4 is 5.73 Å². The summed E-state index contributed by atoms with van der Waals surface area (Å²) >= 11 is 5.95. The first-order valence-electron chi connectivity index (χ1n) is 6.28. The molecule has 1 aromatic rings. The van der Waals surface area contributed by atoms with Crippen molar-refractivity contribution in [3.05, 3.63) is 40.9 Å². The summed E-state index contributed by atoms with van der Waals surface area (Å²) in [5.74, 6) is 1.05. The molecule has 0 heterocycles. The van der Waals surface area contributed by atoms with Crippen LogP contribution in [0.25, 0.3) is 0 Å². The summed E-state index contributed by atoms with van der Waals surface area (Å²) in [6.07, 6.45) is 3.90. The largest absolute Gasteiger partial charge is 0.382 e. The van der Waals surface area contributed by atoms with Crippen molar-refractivity contribution in [1.82, 2.24) is 0 Å². The molecule has 1 aromatic carbocycles. The number of hydrogen-bond acceptors (Lipinski definition) is 1. The van der Waals surface area contributed by atoms with E-state index in [0.717, 1.165) is 18.5 Å². The third-order valence-corrected chi connectivity index (χ3v) is 3.13. The highest BCUT2D eigenvalue weighted by Gasteiger charge is 2.04. The van der Waals surface area contributed by atoms with Crippen molar-refractivity contribution in [2.75, 3.05) is 0 Å². The minimum atomic E-state index is 0.371. The van der Waals surface area contributed by atoms with Crippen LogP contribution in [0.3, 0.4) is 0 Å². The Morgan fingerprint density at radius 2 is 2.06 bits per heavy atom. The van der Waals surface area contributed by atoms with Crippen LogP contribution in [-0.2, 0) is 6.42 Å². The fourth-order valence-corrected chi connectivity index (χ4v) is 1.65. The number of aliphatic imine (C=N–C) groups is 1. The zero-order valence-corrected chi connectivity index (χ0v) is 12.0. The van der Waals surface area contributed by atoms with E-state index in [2.05, 4.69) is 24.9 Å². The molecule has 0 aliphatic carbocycles. The summed E-state index contributed by atoms with van der Waals surface area (Å²) in [6, 6.07) is 8.07. The van der Waals surface area contributed by atoms with Crippen molar-refractivity contribution in [1.29, 1.82) is 0 Å². The topological polar surface area (TPSA) is 38.4 Å². The molecule has 0 amide bonds. The van der Waals surface area contributed by atoms with Gasteiger partial charge < -0.3 is 5.73 Å². The summed E-state index contributed by atoms with van der Waals surface area (Å²) in [5.41, 5.74) is 7.96. The molecular formula is C15H21ClN2. The third-order valence-electron chi connectivity index (χ3n) is 2.72. The number of para-hydroxylation sites is 1. The Bertz CT molecular complexity index is 448. The summed E-state index contributed by atoms with van der Waals surface area (Å²) in [5, 5.41) is 0.494. The monoisotopic (exact) mass is 264 g/mol. The van der Waals surface area contributed by atoms with Crippen LogP contribution in [0.5, 0.6) is 0 Å². The predicted molar refractivity (Wildman–Crippen MR) is 80.5 cm³/mol. The highest BCUT2D eigenvalue weighted by atomic mass is 35.5. The summed E-state index contributed by atoms with van der Waals surface area (Å²) in [4.78, 5) is 4.40. The highest BCUT2D eigenvalue weighted by molar-refractivity contribution is 6.43. The maximum Gasteiger partial charge on any atom is 0.142 e. The molecule has 0 unspecified atom stereocenters. The van der Waals surface area contributed by atoms with E-state index in [0.29, 0.717) is 16.8 Å². The van der Waals surface area contributed by atoms with Gasteiger partial charge in [-0.1, -0.05) is 49.7 Å². The molecule has 2 N–H and O–H groups in total. The minimum Gasteiger partial charge on any atom is -0.382 e. The number of nitrogens with two attached hydrogens (primary N) is 1. The average Bonchev–Trinajstić information content (AvgIpc) is 2.36. The Morgan fingerprint density at radius 3 is 2.67 bits per heavy atom. The van der Waals surface area contributed by atoms with Crippen molar-refractivity contribution in [3.8, 4) is 0 Å². The minimum absolute atomic E-state index is 0.371. The molecule has 0 aromatic heterocycles. The third kappa shape index (κ3) is 4.53. The van der Waals surface area contributed by atoms with E-state index in [1.807, 2.05) is 25.1 Å². The van der Waals surface area contributed by atoms with Crippen LogP contribution in [0, 0.1) is 5.92 Å². The molecule has 2 nitrogen and oxygen atoms in total. The van der Waals surface area contributed by atoms with E-state index < -0.39 is 0 Å². The van der Waals surface area contributed by atoms with Gasteiger partial charge in [-0.2, -0.15) is 0 Å². The van der Waals surface area contributed by atoms with Crippen LogP contribution in [0.2, 0.25) is 0 Å². The van der Waals surface area contributed by atoms with Gasteiger partial charge in [0.1, 0.15) is 5.84 Å². The van der Waals surface area contributed by atoms with Gasteiger partial charge in [0.25, 0.3) is 0 Å². The lowest BCUT2D eigenvalue weighted by atomic mass is 10.0. The molecule has 0 radical (unpaired) electrons. The van der Waals surface area contributed by atoms with E-state index in [4.69, 9.17) is 17.3 Å². The van der Waals surface area contributed by atoms with E-state index in [1.54, 1.807) is 6.08 Å². The summed E-state index contributed by atoms with van der Waals surface area (Å²) < 4.78 is 0. The lowest BCUT2D eigenvalue weighted by Gasteiger charge is -2.08. The maximum atomic E-state index is 5.95. The molecule has 0 bridgehead atoms. The average molecular weight is 265 g/mol. The van der Waals surface area contributed by atoms with Crippen LogP contribution in [0.4, 0.5) is 5.69 Å². The SMILES string of the molecule is C/C=C(/Cl)C(N)=Nc1ccccc1CCC(C)C. The van der Waals surface area contributed by atoms with Gasteiger partial charge in [-0.3, -0.25) is 0 Å². The zero-order chi connectivity index (χ0) is 13.5. The predicted octanol–water partition coefficient (Wildman–Crippen LogP) is 4.41. The van der Waals surface area contributed by atoms with Crippen LogP contribution in [0.15, 0.2) is 40.4 Å². The van der Waals surface area contributed by atoms with Crippen LogP contribution >= 0.6 is 11.6 Å². The van der Waals surface area contributed by atoms with Gasteiger partial charge >= 0.3 is 0 Å². The zero-order valence-electron chi connectivity index (χ0n) is 11.3. The van der Waals surface area contributed by atoms with E-state index in [1.165, 1.54) is 5.56 Å². The normalized spacial score (nSPS) is 13.2. The molecule has 18 heavy (non-hydrogen) atoms. The van der Waals surface area contributed by atoms with Crippen molar-refractivity contribution in [2.45, 2.75) is 33.6 Å². The van der Waals surface area contributed by atoms with Gasteiger partial charge in [-0.15, -0.1) is 0 Å². The van der Waals surface area contributed by atoms with Crippen molar-refractivity contribution in [3.63, 3.8) is 0 Å². The number of allylic oxidation sites excluding steroid dienone is 1. The first-order valence-corrected chi connectivity index (χ1v) is 6.66. The first kappa shape index (κ1) is 14.8. The standard InChI is InChI=1S/C15H21ClN2/c1-4-13(16)15(17)18-14-8-6-5-7-12(14)10-9-11(2)3/h4-8,11H,9-10H2,1-3H3,(H2,17,18)/b13-4+. The van der Waals surface area contributed by atoms with Gasteiger partial charge in [-0.05, 0) is 37.3 Å². The Balaban J connectivity index is 2.95. The second kappa shape index (κ2) is 7.22. The molecule has 0 aliphatic rings. The van der Waals surface area contributed by atoms with E-state index in [9.17, 15) is 0 Å². The summed E-state index contributed by atoms with van der Waals surface area (Å²) in [7, 11) is 0. The van der Waals surface area contributed by atoms with E-state index in [-0.39, 0.29) is 0 Å². The molecule has 0 saturated carbocycles. The summed E-state index contributed by atoms with van der Waals surface area (Å²) in [6.45, 7) is 6.28. The Hall–Kier alpha value is -1.28. The number of rotatable bonds is 5. The molecule has 0 spiro atoms. The lowest BCUT2D eigenvalue weighted by molar-refractivity contribution is 0.587. The molecule has 0 aliphatic heterocycles. The van der Waals surface area contributed by atoms with Crippen LogP contribution in [0.1, 0.15) is 32.8 Å². The lowest BCUT2D eigenvalue weighted by Crippen LogP contribution is -2.11. The fraction of sp³-hybridized carbons (Fsp3) is 0.400. The van der Waals surface area contributed by atoms with Crippen molar-refractivity contribution in [2.24, 2.45) is 16.6 Å². The molecule has 1 rings (SSSR count). The van der Waals surface area contributed by atoms with Gasteiger partial charge in [0.15, 0.2) is 0 Å². The second-order valence-electron chi connectivity index (χ2n) is 4.69. The first-order chi connectivity index (χ1) is 8.54. The molecular weight excluding hydrogens is 244 g/mol. The Morgan fingerprint density at radius 1 is 1.39 bits per heavy atom. The Kier molecular flexibility index (Phi) is 5.93. The van der Waals surface area contributed by atoms with Gasteiger partial charge in [-0.25, -0.2) is 4.99 Å². The molecule has 3 heteroatoms. The van der Waals surface area contributed by atoms with Gasteiger partial charge in [0.05, 0.1) is 10.7 Å². The quantitative estimate of drug-likeness (QED) is 0.621. The van der Waals surface area contributed by atoms with Crippen molar-refractivity contribution >= 4 is 23.1 Å². The molecule has 0 fully saturated rings. The second-order valence-corrected chi connectivity index (χ2v) is 5.10. The number of amidine groups is 1. The number of hydrogen-bond donors (Lipinski definition) is 1. The molecule has 0 atom stereocenters. The van der Waals surface area contributed by atoms with Crippen molar-refractivity contribution < 1.29 is 0 Å². The maximum absolute atomic E-state index is 5.95. The fourth-order valence-electron chi connectivity index (χ4n) is 1.61. The number of benzene rings is 1. The van der Waals surface area contributed by atoms with Crippen LogP contribution in [-0.4, -0.2) is 5.84 Å². The van der Waals surface area contributed by atoms with Gasteiger partial charge in [0, 0.05) is 0 Å². The number of nitrogens with zero attached hydrogens (tertiary/aromatic N) is 1. The van der Waals surface area contributed by atoms with Gasteiger partial charge in [0.2, 0.25) is 0 Å². The van der Waals surface area contributed by atoms with E-state index >= 15 is 0 Å². The Labute approximate surface area is 115 Å². The molecule has 98 valence electrons. The number of halogens is 1. The highest BCUT2D eigenvalue weighted by Crippen LogP contribution is 2.22. The molecule has 0 saturated heterocycles. The smallest absolute Gasteiger partial charge is 0.142 e. The number of aryl methyl sites for hydroxylation is 1.